The molecule has 0 radical (unpaired) electrons. The average molecular weight is 205 g/mol. The second-order valence-electron chi connectivity index (χ2n) is 2.62. The highest BCUT2D eigenvalue weighted by Crippen LogP contribution is 2.28. The van der Waals surface area contributed by atoms with Crippen molar-refractivity contribution in [2.45, 2.75) is 19.8 Å². The number of thiazole rings is 1. The van der Waals surface area contributed by atoms with Crippen molar-refractivity contribution in [2.24, 2.45) is 0 Å². The van der Waals surface area contributed by atoms with Gasteiger partial charge >= 0.3 is 0 Å². The van der Waals surface area contributed by atoms with Crippen molar-refractivity contribution in [3.63, 3.8) is 0 Å². The van der Waals surface area contributed by atoms with Crippen molar-refractivity contribution in [1.29, 1.82) is 0 Å². The number of carbonyl (C=O) groups is 1. The second kappa shape index (κ2) is 3.41. The fraction of sp³-hybridized carbons (Fsp3) is 0.429. The van der Waals surface area contributed by atoms with E-state index in [4.69, 9.17) is 11.6 Å². The molecule has 0 spiro atoms. The summed E-state index contributed by atoms with van der Waals surface area (Å²) in [6.07, 6.45) is 0. The second-order valence-corrected chi connectivity index (χ2v) is 4.23. The van der Waals surface area contributed by atoms with Gasteiger partial charge in [-0.15, -0.1) is 11.3 Å². The molecule has 0 aliphatic rings. The Morgan fingerprint density at radius 1 is 1.67 bits per heavy atom. The van der Waals surface area contributed by atoms with Crippen LogP contribution in [0.5, 0.6) is 0 Å². The van der Waals surface area contributed by atoms with Crippen LogP contribution in [0.3, 0.4) is 0 Å². The van der Waals surface area contributed by atoms with E-state index in [1.807, 2.05) is 13.8 Å². The largest absolute Gasteiger partial charge is 0.543 e. The summed E-state index contributed by atoms with van der Waals surface area (Å²) in [4.78, 5) is 14.8. The van der Waals surface area contributed by atoms with Crippen LogP contribution in [0.2, 0.25) is 4.47 Å². The van der Waals surface area contributed by atoms with E-state index < -0.39 is 5.97 Å². The maximum atomic E-state index is 10.5. The number of carboxylic acids is 1. The molecule has 1 aromatic rings. The van der Waals surface area contributed by atoms with E-state index in [0.29, 0.717) is 4.88 Å². The monoisotopic (exact) mass is 204 g/mol. The Balaban J connectivity index is 3.17. The normalized spacial score (nSPS) is 10.7. The molecule has 3 nitrogen and oxygen atoms in total. The molecule has 0 fully saturated rings. The Kier molecular flexibility index (Phi) is 2.69. The van der Waals surface area contributed by atoms with Crippen LogP contribution in [-0.4, -0.2) is 11.0 Å². The van der Waals surface area contributed by atoms with Crippen molar-refractivity contribution in [1.82, 2.24) is 4.98 Å². The van der Waals surface area contributed by atoms with Crippen LogP contribution >= 0.6 is 22.9 Å². The Bertz CT molecular complexity index is 308. The number of hydrogen-bond acceptors (Lipinski definition) is 4. The Morgan fingerprint density at radius 3 is 2.58 bits per heavy atom. The van der Waals surface area contributed by atoms with Gasteiger partial charge in [-0.25, -0.2) is 4.98 Å². The van der Waals surface area contributed by atoms with Crippen LogP contribution in [0.25, 0.3) is 0 Å². The van der Waals surface area contributed by atoms with Gasteiger partial charge in [0.1, 0.15) is 5.69 Å². The molecular weight excluding hydrogens is 198 g/mol. The Hall–Kier alpha value is -0.610. The third-order valence-corrected chi connectivity index (χ3v) is 2.81. The predicted octanol–water partition coefficient (Wildman–Crippen LogP) is 1.28. The first-order valence-electron chi connectivity index (χ1n) is 3.40. The lowest BCUT2D eigenvalue weighted by Crippen LogP contribution is -2.24. The summed E-state index contributed by atoms with van der Waals surface area (Å²) < 4.78 is 0.248. The van der Waals surface area contributed by atoms with E-state index in [2.05, 4.69) is 4.98 Å². The molecule has 5 heteroatoms. The SMILES string of the molecule is CC(C)c1sc(Cl)nc1C(=O)[O-]. The number of carbonyl (C=O) groups excluding carboxylic acids is 1. The predicted molar refractivity (Wildman–Crippen MR) is 45.5 cm³/mol. The lowest BCUT2D eigenvalue weighted by molar-refractivity contribution is -0.255. The number of halogens is 1. The van der Waals surface area contributed by atoms with E-state index in [1.165, 1.54) is 11.3 Å². The van der Waals surface area contributed by atoms with Gasteiger partial charge in [-0.1, -0.05) is 25.4 Å². The Morgan fingerprint density at radius 2 is 2.25 bits per heavy atom. The number of rotatable bonds is 2. The highest BCUT2D eigenvalue weighted by atomic mass is 35.5. The molecule has 0 aliphatic carbocycles. The van der Waals surface area contributed by atoms with Gasteiger partial charge in [-0.2, -0.15) is 0 Å². The van der Waals surface area contributed by atoms with Gasteiger partial charge in [-0.3, -0.25) is 0 Å². The van der Waals surface area contributed by atoms with E-state index in [9.17, 15) is 9.90 Å². The van der Waals surface area contributed by atoms with Crippen LogP contribution < -0.4 is 5.11 Å². The molecule has 0 unspecified atom stereocenters. The zero-order valence-corrected chi connectivity index (χ0v) is 8.20. The molecule has 0 aromatic carbocycles. The van der Waals surface area contributed by atoms with Crippen LogP contribution in [0.1, 0.15) is 35.1 Å². The topological polar surface area (TPSA) is 53.0 Å². The number of nitrogens with zero attached hydrogens (tertiary/aromatic N) is 1. The van der Waals surface area contributed by atoms with Crippen LogP contribution in [0.15, 0.2) is 0 Å². The minimum atomic E-state index is -1.26. The number of aromatic carboxylic acids is 1. The van der Waals surface area contributed by atoms with Crippen LogP contribution in [-0.2, 0) is 0 Å². The molecule has 1 rings (SSSR count). The first kappa shape index (κ1) is 9.48. The van der Waals surface area contributed by atoms with Crippen molar-refractivity contribution < 1.29 is 9.90 Å². The van der Waals surface area contributed by atoms with Crippen molar-refractivity contribution >= 4 is 28.9 Å². The van der Waals surface area contributed by atoms with Crippen LogP contribution in [0, 0.1) is 0 Å². The Labute approximate surface area is 79.0 Å². The lowest BCUT2D eigenvalue weighted by Gasteiger charge is -2.04. The highest BCUT2D eigenvalue weighted by molar-refractivity contribution is 7.16. The third-order valence-electron chi connectivity index (χ3n) is 1.35. The molecule has 66 valence electrons. The maximum absolute atomic E-state index is 10.5. The summed E-state index contributed by atoms with van der Waals surface area (Å²) in [5.41, 5.74) is -0.0278. The zero-order chi connectivity index (χ0) is 9.30. The van der Waals surface area contributed by atoms with Crippen molar-refractivity contribution in [3.05, 3.63) is 15.0 Å². The molecule has 0 saturated carbocycles. The van der Waals surface area contributed by atoms with E-state index >= 15 is 0 Å². The summed E-state index contributed by atoms with van der Waals surface area (Å²) in [5, 5.41) is 10.5. The van der Waals surface area contributed by atoms with E-state index in [1.54, 1.807) is 0 Å². The van der Waals surface area contributed by atoms with Gasteiger partial charge in [0.25, 0.3) is 0 Å². The quantitative estimate of drug-likeness (QED) is 0.730. The molecule has 0 atom stereocenters. The fourth-order valence-electron chi connectivity index (χ4n) is 0.842. The molecule has 12 heavy (non-hydrogen) atoms. The van der Waals surface area contributed by atoms with E-state index in [0.717, 1.165) is 0 Å². The van der Waals surface area contributed by atoms with Gasteiger partial charge < -0.3 is 9.90 Å². The summed E-state index contributed by atoms with van der Waals surface area (Å²) in [7, 11) is 0. The summed E-state index contributed by atoms with van der Waals surface area (Å²) in [5.74, 6) is -1.15. The number of hydrogen-bond donors (Lipinski definition) is 0. The smallest absolute Gasteiger partial charge is 0.184 e. The third kappa shape index (κ3) is 1.76. The molecule has 0 saturated heterocycles. The van der Waals surface area contributed by atoms with Crippen molar-refractivity contribution in [3.8, 4) is 0 Å². The number of aromatic nitrogens is 1. The molecule has 0 aliphatic heterocycles. The molecule has 1 aromatic heterocycles. The van der Waals surface area contributed by atoms with E-state index in [-0.39, 0.29) is 16.1 Å². The van der Waals surface area contributed by atoms with Crippen molar-refractivity contribution in [2.75, 3.05) is 0 Å². The van der Waals surface area contributed by atoms with Gasteiger partial charge in [0.2, 0.25) is 0 Å². The average Bonchev–Trinajstić information content (AvgIpc) is 2.31. The highest BCUT2D eigenvalue weighted by Gasteiger charge is 2.13. The zero-order valence-electron chi connectivity index (χ0n) is 6.63. The summed E-state index contributed by atoms with van der Waals surface area (Å²) >= 11 is 6.75. The molecular formula is C7H7ClNO2S-. The lowest BCUT2D eigenvalue weighted by atomic mass is 10.1. The molecule has 0 amide bonds. The standard InChI is InChI=1S/C7H8ClNO2S/c1-3(2)5-4(6(10)11)9-7(8)12-5/h3H,1-2H3,(H,10,11)/p-1. The minimum Gasteiger partial charge on any atom is -0.543 e. The van der Waals surface area contributed by atoms with Gasteiger partial charge in [0, 0.05) is 4.88 Å². The first-order valence-corrected chi connectivity index (χ1v) is 4.59. The fourth-order valence-corrected chi connectivity index (χ4v) is 1.96. The summed E-state index contributed by atoms with van der Waals surface area (Å²) in [6, 6.07) is 0. The maximum Gasteiger partial charge on any atom is 0.184 e. The molecule has 0 N–H and O–H groups in total. The minimum absolute atomic E-state index is 0.0278. The van der Waals surface area contributed by atoms with Gasteiger partial charge in [-0.05, 0) is 5.92 Å². The van der Waals surface area contributed by atoms with Gasteiger partial charge in [0.05, 0.1) is 5.97 Å². The van der Waals surface area contributed by atoms with Crippen LogP contribution in [0.4, 0.5) is 0 Å². The molecule has 0 bridgehead atoms. The molecule has 1 heterocycles. The first-order chi connectivity index (χ1) is 5.52. The summed E-state index contributed by atoms with van der Waals surface area (Å²) in [6.45, 7) is 3.77. The number of carboxylic acid groups (broad SMARTS) is 1. The van der Waals surface area contributed by atoms with Gasteiger partial charge in [0.15, 0.2) is 4.47 Å².